The molecule has 2 heterocycles. The van der Waals surface area contributed by atoms with Crippen molar-refractivity contribution in [2.75, 3.05) is 13.1 Å². The van der Waals surface area contributed by atoms with Gasteiger partial charge >= 0.3 is 0 Å². The molecule has 0 saturated carbocycles. The van der Waals surface area contributed by atoms with E-state index in [0.29, 0.717) is 31.1 Å². The molecule has 0 atom stereocenters. The number of aromatic amines is 1. The first-order valence-corrected chi connectivity index (χ1v) is 7.00. The topological polar surface area (TPSA) is 91.0 Å². The van der Waals surface area contributed by atoms with E-state index >= 15 is 0 Å². The molecule has 2 N–H and O–H groups in total. The summed E-state index contributed by atoms with van der Waals surface area (Å²) < 4.78 is 0. The quantitative estimate of drug-likeness (QED) is 0.843. The maximum absolute atomic E-state index is 11.9. The largest absolute Gasteiger partial charge is 0.348 e. The van der Waals surface area contributed by atoms with Gasteiger partial charge in [0.2, 0.25) is 5.91 Å². The van der Waals surface area contributed by atoms with E-state index < -0.39 is 0 Å². The van der Waals surface area contributed by atoms with Crippen molar-refractivity contribution < 1.29 is 9.59 Å². The van der Waals surface area contributed by atoms with Crippen LogP contribution < -0.4 is 5.32 Å². The Labute approximate surface area is 118 Å². The number of hydrogen-bond donors (Lipinski definition) is 2. The van der Waals surface area contributed by atoms with Gasteiger partial charge in [0.15, 0.2) is 5.69 Å². The molecule has 0 spiro atoms. The third-order valence-corrected chi connectivity index (χ3v) is 3.41. The molecular weight excluding hydrogens is 258 g/mol. The number of rotatable bonds is 4. The van der Waals surface area contributed by atoms with Gasteiger partial charge in [0.1, 0.15) is 0 Å². The van der Waals surface area contributed by atoms with E-state index in [1.54, 1.807) is 0 Å². The molecule has 1 aliphatic heterocycles. The summed E-state index contributed by atoms with van der Waals surface area (Å²) in [5.41, 5.74) is 0.295. The molecule has 7 heteroatoms. The highest BCUT2D eigenvalue weighted by Crippen LogP contribution is 2.13. The van der Waals surface area contributed by atoms with Gasteiger partial charge in [0.25, 0.3) is 5.91 Å². The molecular formula is C13H21N5O2. The van der Waals surface area contributed by atoms with E-state index in [1.807, 2.05) is 18.7 Å². The van der Waals surface area contributed by atoms with Gasteiger partial charge in [-0.2, -0.15) is 15.4 Å². The Morgan fingerprint density at radius 1 is 1.45 bits per heavy atom. The van der Waals surface area contributed by atoms with E-state index in [1.165, 1.54) is 6.20 Å². The first-order chi connectivity index (χ1) is 9.56. The lowest BCUT2D eigenvalue weighted by Crippen LogP contribution is -2.46. The second kappa shape index (κ2) is 6.49. The predicted molar refractivity (Wildman–Crippen MR) is 72.9 cm³/mol. The number of hydrogen-bond acceptors (Lipinski definition) is 4. The molecule has 0 aromatic carbocycles. The number of piperidine rings is 1. The number of carbonyl (C=O) groups excluding carboxylic acids is 2. The smallest absolute Gasteiger partial charge is 0.273 e. The molecule has 1 aromatic heterocycles. The highest BCUT2D eigenvalue weighted by Gasteiger charge is 2.24. The SMILES string of the molecule is CC(C)CC(=O)N1CCC(NC(=O)c2cn[nH]n2)CC1. The van der Waals surface area contributed by atoms with E-state index in [4.69, 9.17) is 0 Å². The normalized spacial score (nSPS) is 16.4. The Morgan fingerprint density at radius 3 is 2.70 bits per heavy atom. The van der Waals surface area contributed by atoms with E-state index in [0.717, 1.165) is 12.8 Å². The van der Waals surface area contributed by atoms with Gasteiger partial charge in [-0.15, -0.1) is 0 Å². The van der Waals surface area contributed by atoms with Crippen LogP contribution in [-0.4, -0.2) is 51.3 Å². The molecule has 110 valence electrons. The summed E-state index contributed by atoms with van der Waals surface area (Å²) in [4.78, 5) is 25.6. The molecule has 0 aliphatic carbocycles. The van der Waals surface area contributed by atoms with Crippen molar-refractivity contribution in [2.24, 2.45) is 5.92 Å². The maximum Gasteiger partial charge on any atom is 0.273 e. The van der Waals surface area contributed by atoms with Gasteiger partial charge in [-0.25, -0.2) is 0 Å². The predicted octanol–water partition coefficient (Wildman–Crippen LogP) is 0.572. The van der Waals surface area contributed by atoms with Gasteiger partial charge in [0.05, 0.1) is 6.20 Å². The minimum absolute atomic E-state index is 0.0994. The fourth-order valence-corrected chi connectivity index (χ4v) is 2.32. The minimum Gasteiger partial charge on any atom is -0.348 e. The van der Waals surface area contributed by atoms with Gasteiger partial charge in [0, 0.05) is 25.6 Å². The van der Waals surface area contributed by atoms with Gasteiger partial charge in [-0.3, -0.25) is 9.59 Å². The van der Waals surface area contributed by atoms with Crippen LogP contribution >= 0.6 is 0 Å². The van der Waals surface area contributed by atoms with Crippen LogP contribution in [0.5, 0.6) is 0 Å². The van der Waals surface area contributed by atoms with Crippen molar-refractivity contribution in [3.05, 3.63) is 11.9 Å². The number of aromatic nitrogens is 3. The zero-order valence-corrected chi connectivity index (χ0v) is 11.9. The minimum atomic E-state index is -0.217. The number of nitrogens with zero attached hydrogens (tertiary/aromatic N) is 3. The van der Waals surface area contributed by atoms with Crippen LogP contribution in [0.4, 0.5) is 0 Å². The van der Waals surface area contributed by atoms with Crippen molar-refractivity contribution in [1.29, 1.82) is 0 Å². The summed E-state index contributed by atoms with van der Waals surface area (Å²) in [5, 5.41) is 12.7. The van der Waals surface area contributed by atoms with Crippen LogP contribution in [0.2, 0.25) is 0 Å². The second-order valence-corrected chi connectivity index (χ2v) is 5.58. The van der Waals surface area contributed by atoms with Crippen molar-refractivity contribution in [3.63, 3.8) is 0 Å². The average Bonchev–Trinajstić information content (AvgIpc) is 2.92. The summed E-state index contributed by atoms with van der Waals surface area (Å²) in [6.45, 7) is 5.50. The van der Waals surface area contributed by atoms with Crippen molar-refractivity contribution >= 4 is 11.8 Å². The highest BCUT2D eigenvalue weighted by molar-refractivity contribution is 5.92. The lowest BCUT2D eigenvalue weighted by Gasteiger charge is -2.32. The van der Waals surface area contributed by atoms with E-state index in [2.05, 4.69) is 20.7 Å². The second-order valence-electron chi connectivity index (χ2n) is 5.58. The van der Waals surface area contributed by atoms with Crippen LogP contribution in [0.15, 0.2) is 6.20 Å². The molecule has 1 aromatic rings. The first kappa shape index (κ1) is 14.5. The standard InChI is InChI=1S/C13H21N5O2/c1-9(2)7-12(19)18-5-3-10(4-6-18)15-13(20)11-8-14-17-16-11/h8-10H,3-7H2,1-2H3,(H,15,20)(H,14,16,17). The molecule has 0 bridgehead atoms. The molecule has 0 unspecified atom stereocenters. The molecule has 2 amide bonds. The number of likely N-dealkylation sites (tertiary alicyclic amines) is 1. The van der Waals surface area contributed by atoms with Gasteiger partial charge < -0.3 is 10.2 Å². The Balaban J connectivity index is 1.77. The Morgan fingerprint density at radius 2 is 2.15 bits per heavy atom. The monoisotopic (exact) mass is 279 g/mol. The first-order valence-electron chi connectivity index (χ1n) is 7.00. The summed E-state index contributed by atoms with van der Waals surface area (Å²) in [7, 11) is 0. The summed E-state index contributed by atoms with van der Waals surface area (Å²) in [6.07, 6.45) is 3.56. The van der Waals surface area contributed by atoms with Gasteiger partial charge in [-0.1, -0.05) is 13.8 Å². The number of carbonyl (C=O) groups is 2. The highest BCUT2D eigenvalue weighted by atomic mass is 16.2. The number of nitrogens with one attached hydrogen (secondary N) is 2. The van der Waals surface area contributed by atoms with Gasteiger partial charge in [-0.05, 0) is 18.8 Å². The molecule has 1 fully saturated rings. The zero-order chi connectivity index (χ0) is 14.5. The van der Waals surface area contributed by atoms with Crippen LogP contribution in [-0.2, 0) is 4.79 Å². The van der Waals surface area contributed by atoms with Crippen LogP contribution in [0, 0.1) is 5.92 Å². The van der Waals surface area contributed by atoms with Crippen molar-refractivity contribution in [3.8, 4) is 0 Å². The summed E-state index contributed by atoms with van der Waals surface area (Å²) in [6, 6.07) is 0.0994. The molecule has 0 radical (unpaired) electrons. The molecule has 1 aliphatic rings. The average molecular weight is 279 g/mol. The fourth-order valence-electron chi connectivity index (χ4n) is 2.32. The Kier molecular flexibility index (Phi) is 4.70. The van der Waals surface area contributed by atoms with Crippen LogP contribution in [0.25, 0.3) is 0 Å². The molecule has 2 rings (SSSR count). The molecule has 7 nitrogen and oxygen atoms in total. The summed E-state index contributed by atoms with van der Waals surface area (Å²) in [5.74, 6) is 0.374. The third-order valence-electron chi connectivity index (χ3n) is 3.41. The fraction of sp³-hybridized carbons (Fsp3) is 0.692. The molecule has 1 saturated heterocycles. The van der Waals surface area contributed by atoms with Crippen LogP contribution in [0.1, 0.15) is 43.6 Å². The van der Waals surface area contributed by atoms with Crippen molar-refractivity contribution in [1.82, 2.24) is 25.6 Å². The Hall–Kier alpha value is -1.92. The van der Waals surface area contributed by atoms with Crippen molar-refractivity contribution in [2.45, 2.75) is 39.2 Å². The van der Waals surface area contributed by atoms with E-state index in [-0.39, 0.29) is 17.9 Å². The van der Waals surface area contributed by atoms with Crippen LogP contribution in [0.3, 0.4) is 0 Å². The zero-order valence-electron chi connectivity index (χ0n) is 11.9. The summed E-state index contributed by atoms with van der Waals surface area (Å²) >= 11 is 0. The molecule has 20 heavy (non-hydrogen) atoms. The third kappa shape index (κ3) is 3.79. The lowest BCUT2D eigenvalue weighted by molar-refractivity contribution is -0.133. The Bertz CT molecular complexity index is 449. The number of H-pyrrole nitrogens is 1. The maximum atomic E-state index is 11.9. The number of amides is 2. The van der Waals surface area contributed by atoms with E-state index in [9.17, 15) is 9.59 Å². The lowest BCUT2D eigenvalue weighted by atomic mass is 10.0.